The number of ether oxygens (including phenoxy) is 1. The second kappa shape index (κ2) is 6.14. The first-order valence-corrected chi connectivity index (χ1v) is 8.31. The van der Waals surface area contributed by atoms with E-state index in [2.05, 4.69) is 27.5 Å². The molecule has 0 saturated carbocycles. The molecule has 0 bridgehead atoms. The highest BCUT2D eigenvalue weighted by Crippen LogP contribution is 2.36. The van der Waals surface area contributed by atoms with Crippen LogP contribution < -0.4 is 9.64 Å². The summed E-state index contributed by atoms with van der Waals surface area (Å²) in [5.74, 6) is 1.16. The number of methoxy groups -OCH3 is 1. The number of aromatic nitrogens is 2. The summed E-state index contributed by atoms with van der Waals surface area (Å²) in [6, 6.07) is 5.24. The van der Waals surface area contributed by atoms with E-state index in [4.69, 9.17) is 16.3 Å². The molecule has 0 spiro atoms. The van der Waals surface area contributed by atoms with E-state index < -0.39 is 0 Å². The Morgan fingerprint density at radius 1 is 1.38 bits per heavy atom. The summed E-state index contributed by atoms with van der Waals surface area (Å²) in [6.45, 7) is 4.45. The van der Waals surface area contributed by atoms with E-state index in [1.54, 1.807) is 25.1 Å². The lowest BCUT2D eigenvalue weighted by Crippen LogP contribution is -2.44. The summed E-state index contributed by atoms with van der Waals surface area (Å²) in [5, 5.41) is 0.528. The minimum Gasteiger partial charge on any atom is -0.495 e. The molecule has 0 saturated heterocycles. The molecule has 0 N–H and O–H groups in total. The fraction of sp³-hybridized carbons (Fsp3) is 0.250. The van der Waals surface area contributed by atoms with Gasteiger partial charge in [0.15, 0.2) is 10.6 Å². The molecule has 3 rings (SSSR count). The summed E-state index contributed by atoms with van der Waals surface area (Å²) >= 11 is 9.45. The molecule has 8 heteroatoms. The van der Waals surface area contributed by atoms with E-state index in [-0.39, 0.29) is 6.03 Å². The Morgan fingerprint density at radius 2 is 2.08 bits per heavy atom. The van der Waals surface area contributed by atoms with Crippen molar-refractivity contribution < 1.29 is 9.53 Å². The van der Waals surface area contributed by atoms with Gasteiger partial charge in [-0.2, -0.15) is 0 Å². The average Bonchev–Trinajstić information content (AvgIpc) is 2.86. The Bertz CT molecular complexity index is 849. The topological polar surface area (TPSA) is 50.6 Å². The van der Waals surface area contributed by atoms with Crippen LogP contribution in [0.25, 0.3) is 5.70 Å². The first-order chi connectivity index (χ1) is 11.3. The van der Waals surface area contributed by atoms with Gasteiger partial charge in [0.1, 0.15) is 11.4 Å². The predicted molar refractivity (Wildman–Crippen MR) is 97.3 cm³/mol. The number of benzene rings is 1. The number of anilines is 1. The molecule has 0 atom stereocenters. The SMILES string of the molecule is C=C1c2c(nc(Br)n2C)N(C)C(=O)N1Cc1ccc(Cl)c(OC)c1. The van der Waals surface area contributed by atoms with Crippen molar-refractivity contribution in [2.45, 2.75) is 6.54 Å². The number of rotatable bonds is 3. The number of carbonyl (C=O) groups is 1. The number of fused-ring (bicyclic) bond motifs is 1. The minimum absolute atomic E-state index is 0.188. The van der Waals surface area contributed by atoms with Crippen LogP contribution >= 0.6 is 27.5 Å². The molecule has 2 amide bonds. The van der Waals surface area contributed by atoms with Crippen molar-refractivity contribution in [1.29, 1.82) is 0 Å². The number of urea groups is 1. The van der Waals surface area contributed by atoms with Crippen molar-refractivity contribution in [3.05, 3.63) is 45.8 Å². The van der Waals surface area contributed by atoms with Gasteiger partial charge >= 0.3 is 6.03 Å². The molecular formula is C16H16BrClN4O2. The zero-order valence-electron chi connectivity index (χ0n) is 13.5. The van der Waals surface area contributed by atoms with Gasteiger partial charge in [0.2, 0.25) is 0 Å². The van der Waals surface area contributed by atoms with E-state index in [0.29, 0.717) is 33.6 Å². The van der Waals surface area contributed by atoms with Gasteiger partial charge in [-0.15, -0.1) is 0 Å². The molecule has 126 valence electrons. The molecular weight excluding hydrogens is 396 g/mol. The highest BCUT2D eigenvalue weighted by Gasteiger charge is 2.35. The first-order valence-electron chi connectivity index (χ1n) is 7.14. The zero-order chi connectivity index (χ0) is 17.6. The van der Waals surface area contributed by atoms with Crippen LogP contribution in [0.1, 0.15) is 11.3 Å². The Labute approximate surface area is 153 Å². The number of halogens is 2. The normalized spacial score (nSPS) is 14.2. The third-order valence-electron chi connectivity index (χ3n) is 4.01. The van der Waals surface area contributed by atoms with Crippen molar-refractivity contribution in [2.75, 3.05) is 19.1 Å². The zero-order valence-corrected chi connectivity index (χ0v) is 15.8. The van der Waals surface area contributed by atoms with E-state index in [1.807, 2.05) is 23.7 Å². The monoisotopic (exact) mass is 410 g/mol. The third kappa shape index (κ3) is 2.57. The van der Waals surface area contributed by atoms with Crippen LogP contribution in [-0.4, -0.2) is 34.6 Å². The van der Waals surface area contributed by atoms with Gasteiger partial charge in [-0.1, -0.05) is 24.2 Å². The molecule has 0 aliphatic carbocycles. The van der Waals surface area contributed by atoms with Crippen LogP contribution in [-0.2, 0) is 13.6 Å². The molecule has 1 aromatic heterocycles. The molecule has 6 nitrogen and oxygen atoms in total. The van der Waals surface area contributed by atoms with E-state index in [1.165, 1.54) is 4.90 Å². The molecule has 1 aromatic carbocycles. The molecule has 2 aromatic rings. The molecule has 1 aliphatic rings. The Hall–Kier alpha value is -1.99. The molecule has 2 heterocycles. The second-order valence-electron chi connectivity index (χ2n) is 5.46. The number of imidazole rings is 1. The molecule has 1 aliphatic heterocycles. The standard InChI is InChI=1S/C16H16BrClN4O2/c1-9-13-14(19-15(17)20(13)2)21(3)16(23)22(9)8-10-5-6-11(18)12(7-10)24-4/h5-7H,1,8H2,2-4H3. The maximum absolute atomic E-state index is 12.7. The molecule has 0 radical (unpaired) electrons. The van der Waals surface area contributed by atoms with Crippen molar-refractivity contribution in [1.82, 2.24) is 14.5 Å². The summed E-state index contributed by atoms with van der Waals surface area (Å²) in [6.07, 6.45) is 0. The molecule has 0 fully saturated rings. The minimum atomic E-state index is -0.188. The second-order valence-corrected chi connectivity index (χ2v) is 6.57. The Kier molecular flexibility index (Phi) is 4.31. The maximum Gasteiger partial charge on any atom is 0.330 e. The van der Waals surface area contributed by atoms with Crippen LogP contribution in [0.15, 0.2) is 29.5 Å². The lowest BCUT2D eigenvalue weighted by Gasteiger charge is -2.34. The number of amides is 2. The molecule has 0 unspecified atom stereocenters. The lowest BCUT2D eigenvalue weighted by molar-refractivity contribution is 0.222. The summed E-state index contributed by atoms with van der Waals surface area (Å²) in [4.78, 5) is 20.2. The van der Waals surface area contributed by atoms with Crippen molar-refractivity contribution in [3.63, 3.8) is 0 Å². The van der Waals surface area contributed by atoms with Crippen molar-refractivity contribution in [2.24, 2.45) is 7.05 Å². The van der Waals surface area contributed by atoms with Gasteiger partial charge in [-0.25, -0.2) is 9.78 Å². The van der Waals surface area contributed by atoms with Crippen LogP contribution in [0.5, 0.6) is 5.75 Å². The third-order valence-corrected chi connectivity index (χ3v) is 5.03. The quantitative estimate of drug-likeness (QED) is 0.770. The number of hydrogen-bond donors (Lipinski definition) is 0. The average molecular weight is 412 g/mol. The van der Waals surface area contributed by atoms with Crippen LogP contribution in [0, 0.1) is 0 Å². The number of hydrogen-bond acceptors (Lipinski definition) is 3. The predicted octanol–water partition coefficient (Wildman–Crippen LogP) is 3.89. The van der Waals surface area contributed by atoms with E-state index >= 15 is 0 Å². The van der Waals surface area contributed by atoms with E-state index in [0.717, 1.165) is 11.3 Å². The van der Waals surface area contributed by atoms with Crippen molar-refractivity contribution >= 4 is 45.1 Å². The Balaban J connectivity index is 1.98. The van der Waals surface area contributed by atoms with Gasteiger partial charge in [-0.05, 0) is 33.6 Å². The highest BCUT2D eigenvalue weighted by atomic mass is 79.9. The lowest BCUT2D eigenvalue weighted by atomic mass is 10.1. The summed E-state index contributed by atoms with van der Waals surface area (Å²) < 4.78 is 7.74. The van der Waals surface area contributed by atoms with Crippen molar-refractivity contribution in [3.8, 4) is 5.75 Å². The van der Waals surface area contributed by atoms with Gasteiger partial charge < -0.3 is 9.30 Å². The van der Waals surface area contributed by atoms with Gasteiger partial charge in [0.25, 0.3) is 0 Å². The molecule has 24 heavy (non-hydrogen) atoms. The highest BCUT2D eigenvalue weighted by molar-refractivity contribution is 9.10. The first kappa shape index (κ1) is 16.9. The number of carbonyl (C=O) groups excluding carboxylic acids is 1. The van der Waals surface area contributed by atoms with Crippen LogP contribution in [0.3, 0.4) is 0 Å². The Morgan fingerprint density at radius 3 is 2.75 bits per heavy atom. The van der Waals surface area contributed by atoms with Crippen LogP contribution in [0.4, 0.5) is 10.6 Å². The van der Waals surface area contributed by atoms with E-state index in [9.17, 15) is 4.79 Å². The maximum atomic E-state index is 12.7. The van der Waals surface area contributed by atoms with Gasteiger partial charge in [0.05, 0.1) is 24.4 Å². The van der Waals surface area contributed by atoms with Gasteiger partial charge in [0, 0.05) is 14.1 Å². The fourth-order valence-electron chi connectivity index (χ4n) is 2.68. The smallest absolute Gasteiger partial charge is 0.330 e. The summed E-state index contributed by atoms with van der Waals surface area (Å²) in [7, 11) is 5.12. The fourth-order valence-corrected chi connectivity index (χ4v) is 3.22. The van der Waals surface area contributed by atoms with Gasteiger partial charge in [-0.3, -0.25) is 9.80 Å². The summed E-state index contributed by atoms with van der Waals surface area (Å²) in [5.41, 5.74) is 2.29. The van der Waals surface area contributed by atoms with Crippen LogP contribution in [0.2, 0.25) is 5.02 Å². The largest absolute Gasteiger partial charge is 0.495 e. The number of nitrogens with zero attached hydrogens (tertiary/aromatic N) is 4.